The van der Waals surface area contributed by atoms with E-state index in [4.69, 9.17) is 4.42 Å². The van der Waals surface area contributed by atoms with Gasteiger partial charge >= 0.3 is 11.8 Å². The summed E-state index contributed by atoms with van der Waals surface area (Å²) < 4.78 is 6.86. The number of amides is 1. The zero-order chi connectivity index (χ0) is 21.8. The molecule has 2 aromatic carbocycles. The lowest BCUT2D eigenvalue weighted by Crippen LogP contribution is -2.45. The van der Waals surface area contributed by atoms with Gasteiger partial charge in [-0.25, -0.2) is 9.59 Å². The number of oxazole rings is 1. The van der Waals surface area contributed by atoms with Gasteiger partial charge < -0.3 is 19.3 Å². The van der Waals surface area contributed by atoms with Gasteiger partial charge in [-0.1, -0.05) is 24.3 Å². The van der Waals surface area contributed by atoms with Gasteiger partial charge in [-0.3, -0.25) is 9.47 Å². The Morgan fingerprint density at radius 3 is 2.65 bits per heavy atom. The van der Waals surface area contributed by atoms with Gasteiger partial charge in [-0.15, -0.1) is 0 Å². The molecule has 0 aliphatic carbocycles. The number of hydrogen-bond donors (Lipinski definition) is 1. The first-order chi connectivity index (χ1) is 15.0. The standard InChI is InChI=1S/C23H28N4O4/c1-24-12-14-25(15-13-24)10-5-11-26(22(28)29)19-7-4-6-18(16-19)17-27-20-8-2-3-9-21(20)31-23(27)30/h2-4,6-9,16H,5,10-15,17H2,1H3,(H,28,29). The maximum Gasteiger partial charge on any atom is 0.420 e. The van der Waals surface area contributed by atoms with Crippen LogP contribution in [-0.4, -0.2) is 71.9 Å². The summed E-state index contributed by atoms with van der Waals surface area (Å²) in [6.45, 7) is 5.77. The summed E-state index contributed by atoms with van der Waals surface area (Å²) in [4.78, 5) is 30.3. The van der Waals surface area contributed by atoms with Crippen molar-refractivity contribution in [2.24, 2.45) is 0 Å². The molecular formula is C23H28N4O4. The van der Waals surface area contributed by atoms with Crippen molar-refractivity contribution in [2.75, 3.05) is 51.2 Å². The second kappa shape index (κ2) is 9.36. The Hall–Kier alpha value is -3.10. The van der Waals surface area contributed by atoms with Crippen molar-refractivity contribution in [3.8, 4) is 0 Å². The second-order valence-corrected chi connectivity index (χ2v) is 8.02. The summed E-state index contributed by atoms with van der Waals surface area (Å²) in [7, 11) is 2.12. The normalized spacial score (nSPS) is 15.4. The smallest absolute Gasteiger partial charge is 0.420 e. The first-order valence-corrected chi connectivity index (χ1v) is 10.6. The molecule has 164 valence electrons. The van der Waals surface area contributed by atoms with Crippen molar-refractivity contribution in [3.63, 3.8) is 0 Å². The number of carbonyl (C=O) groups is 1. The maximum absolute atomic E-state index is 12.3. The van der Waals surface area contributed by atoms with Gasteiger partial charge in [-0.05, 0) is 49.8 Å². The van der Waals surface area contributed by atoms with Gasteiger partial charge in [0.1, 0.15) is 0 Å². The molecule has 31 heavy (non-hydrogen) atoms. The Labute approximate surface area is 180 Å². The Morgan fingerprint density at radius 1 is 1.10 bits per heavy atom. The van der Waals surface area contributed by atoms with Crippen molar-refractivity contribution < 1.29 is 14.3 Å². The lowest BCUT2D eigenvalue weighted by Gasteiger charge is -2.32. The summed E-state index contributed by atoms with van der Waals surface area (Å²) in [5.41, 5.74) is 2.72. The van der Waals surface area contributed by atoms with E-state index in [1.165, 1.54) is 4.90 Å². The van der Waals surface area contributed by atoms with E-state index in [2.05, 4.69) is 16.8 Å². The fourth-order valence-electron chi connectivity index (χ4n) is 4.03. The summed E-state index contributed by atoms with van der Waals surface area (Å²) in [5, 5.41) is 9.77. The number of piperazine rings is 1. The number of rotatable bonds is 7. The predicted molar refractivity (Wildman–Crippen MR) is 120 cm³/mol. The SMILES string of the molecule is CN1CCN(CCCN(C(=O)O)c2cccc(Cn3c(=O)oc4ccccc43)c2)CC1. The number of para-hydroxylation sites is 2. The van der Waals surface area contributed by atoms with Gasteiger partial charge in [0.15, 0.2) is 5.58 Å². The van der Waals surface area contributed by atoms with Crippen molar-refractivity contribution in [3.05, 3.63) is 64.6 Å². The van der Waals surface area contributed by atoms with Gasteiger partial charge in [0.25, 0.3) is 0 Å². The second-order valence-electron chi connectivity index (χ2n) is 8.02. The Kier molecular flexibility index (Phi) is 6.39. The zero-order valence-electron chi connectivity index (χ0n) is 17.7. The molecule has 3 aromatic rings. The third-order valence-corrected chi connectivity index (χ3v) is 5.82. The van der Waals surface area contributed by atoms with E-state index in [0.717, 1.165) is 50.2 Å². The van der Waals surface area contributed by atoms with Crippen molar-refractivity contribution >= 4 is 22.9 Å². The van der Waals surface area contributed by atoms with Gasteiger partial charge in [-0.2, -0.15) is 0 Å². The fraction of sp³-hybridized carbons (Fsp3) is 0.391. The molecule has 1 aliphatic heterocycles. The van der Waals surface area contributed by atoms with Gasteiger partial charge in [0, 0.05) is 38.4 Å². The first-order valence-electron chi connectivity index (χ1n) is 10.6. The summed E-state index contributed by atoms with van der Waals surface area (Å²) in [6, 6.07) is 14.6. The van der Waals surface area contributed by atoms with Crippen LogP contribution in [0.5, 0.6) is 0 Å². The number of fused-ring (bicyclic) bond motifs is 1. The molecule has 0 bridgehead atoms. The maximum atomic E-state index is 12.3. The zero-order valence-corrected chi connectivity index (χ0v) is 17.7. The minimum Gasteiger partial charge on any atom is -0.465 e. The Bertz CT molecular complexity index is 1100. The largest absolute Gasteiger partial charge is 0.465 e. The molecule has 1 aromatic heterocycles. The summed E-state index contributed by atoms with van der Waals surface area (Å²) in [6.07, 6.45) is -0.201. The molecule has 0 spiro atoms. The third-order valence-electron chi connectivity index (χ3n) is 5.82. The molecule has 0 radical (unpaired) electrons. The Morgan fingerprint density at radius 2 is 1.87 bits per heavy atom. The number of nitrogens with zero attached hydrogens (tertiary/aromatic N) is 4. The molecule has 0 atom stereocenters. The van der Waals surface area contributed by atoms with Crippen LogP contribution in [0.3, 0.4) is 0 Å². The first kappa shape index (κ1) is 21.1. The number of anilines is 1. The highest BCUT2D eigenvalue weighted by Gasteiger charge is 2.18. The van der Waals surface area contributed by atoms with Crippen molar-refractivity contribution in [2.45, 2.75) is 13.0 Å². The molecule has 1 saturated heterocycles. The highest BCUT2D eigenvalue weighted by atomic mass is 16.4. The van der Waals surface area contributed by atoms with E-state index in [1.807, 2.05) is 36.4 Å². The van der Waals surface area contributed by atoms with E-state index >= 15 is 0 Å². The van der Waals surface area contributed by atoms with Crippen molar-refractivity contribution in [1.29, 1.82) is 0 Å². The predicted octanol–water partition coefficient (Wildman–Crippen LogP) is 2.76. The number of benzene rings is 2. The van der Waals surface area contributed by atoms with Crippen LogP contribution in [0.15, 0.2) is 57.7 Å². The third kappa shape index (κ3) is 4.98. The molecule has 2 heterocycles. The molecular weight excluding hydrogens is 396 g/mol. The van der Waals surface area contributed by atoms with Crippen LogP contribution in [0, 0.1) is 0 Å². The van der Waals surface area contributed by atoms with Crippen LogP contribution in [0.1, 0.15) is 12.0 Å². The lowest BCUT2D eigenvalue weighted by atomic mass is 10.1. The van der Waals surface area contributed by atoms with E-state index in [-0.39, 0.29) is 0 Å². The van der Waals surface area contributed by atoms with Gasteiger partial charge in [0.05, 0.1) is 12.1 Å². The topological polar surface area (TPSA) is 82.2 Å². The van der Waals surface area contributed by atoms with Crippen LogP contribution in [0.2, 0.25) is 0 Å². The molecule has 1 amide bonds. The van der Waals surface area contributed by atoms with Gasteiger partial charge in [0.2, 0.25) is 0 Å². The van der Waals surface area contributed by atoms with Crippen LogP contribution in [-0.2, 0) is 6.54 Å². The number of hydrogen-bond acceptors (Lipinski definition) is 5. The van der Waals surface area contributed by atoms with Crippen molar-refractivity contribution in [1.82, 2.24) is 14.4 Å². The fourth-order valence-corrected chi connectivity index (χ4v) is 4.03. The van der Waals surface area contributed by atoms with Crippen LogP contribution in [0.25, 0.3) is 11.1 Å². The quantitative estimate of drug-likeness (QED) is 0.628. The van der Waals surface area contributed by atoms with Crippen LogP contribution >= 0.6 is 0 Å². The minimum atomic E-state index is -0.971. The van der Waals surface area contributed by atoms with E-state index in [0.29, 0.717) is 24.4 Å². The number of aromatic nitrogens is 1. The summed E-state index contributed by atoms with van der Waals surface area (Å²) >= 11 is 0. The molecule has 1 aliphatic rings. The molecule has 0 saturated carbocycles. The molecule has 8 nitrogen and oxygen atoms in total. The lowest BCUT2D eigenvalue weighted by molar-refractivity contribution is 0.153. The highest BCUT2D eigenvalue weighted by molar-refractivity contribution is 5.86. The Balaban J connectivity index is 1.45. The van der Waals surface area contributed by atoms with E-state index < -0.39 is 11.8 Å². The molecule has 8 heteroatoms. The molecule has 4 rings (SSSR count). The molecule has 0 unspecified atom stereocenters. The van der Waals surface area contributed by atoms with Crippen LogP contribution < -0.4 is 10.7 Å². The number of likely N-dealkylation sites (N-methyl/N-ethyl adjacent to an activating group) is 1. The molecule has 1 N–H and O–H groups in total. The van der Waals surface area contributed by atoms with E-state index in [1.54, 1.807) is 16.7 Å². The summed E-state index contributed by atoms with van der Waals surface area (Å²) in [5.74, 6) is -0.422. The number of carboxylic acid groups (broad SMARTS) is 1. The monoisotopic (exact) mass is 424 g/mol. The van der Waals surface area contributed by atoms with E-state index in [9.17, 15) is 14.7 Å². The minimum absolute atomic E-state index is 0.318. The molecule has 1 fully saturated rings. The average Bonchev–Trinajstić information content (AvgIpc) is 3.07. The highest BCUT2D eigenvalue weighted by Crippen LogP contribution is 2.20. The van der Waals surface area contributed by atoms with Crippen LogP contribution in [0.4, 0.5) is 10.5 Å². The average molecular weight is 425 g/mol.